The highest BCUT2D eigenvalue weighted by molar-refractivity contribution is 7.79. The predicted molar refractivity (Wildman–Crippen MR) is 107 cm³/mol. The molecule has 3 unspecified atom stereocenters. The van der Waals surface area contributed by atoms with E-state index in [1.807, 2.05) is 27.7 Å². The predicted octanol–water partition coefficient (Wildman–Crippen LogP) is 0.912. The zero-order chi connectivity index (χ0) is 21.9. The summed E-state index contributed by atoms with van der Waals surface area (Å²) in [7, 11) is -0.253. The van der Waals surface area contributed by atoms with Gasteiger partial charge in [0, 0.05) is 0 Å². The molecule has 9 nitrogen and oxygen atoms in total. The zero-order valence-electron chi connectivity index (χ0n) is 18.1. The molecule has 0 aliphatic carbocycles. The van der Waals surface area contributed by atoms with Crippen LogP contribution in [-0.4, -0.2) is 92.0 Å². The van der Waals surface area contributed by atoms with Crippen molar-refractivity contribution in [1.82, 2.24) is 0 Å². The third-order valence-electron chi connectivity index (χ3n) is 4.89. The van der Waals surface area contributed by atoms with Gasteiger partial charge in [0.2, 0.25) is 0 Å². The van der Waals surface area contributed by atoms with Gasteiger partial charge in [-0.15, -0.1) is 0 Å². The van der Waals surface area contributed by atoms with Gasteiger partial charge >= 0.3 is 0 Å². The molecule has 2 fully saturated rings. The molecule has 1 radical (unpaired) electrons. The van der Waals surface area contributed by atoms with Gasteiger partial charge in [-0.05, 0) is 41.5 Å². The third kappa shape index (κ3) is 6.99. The van der Waals surface area contributed by atoms with Crippen molar-refractivity contribution in [1.29, 1.82) is 0 Å². The van der Waals surface area contributed by atoms with Crippen molar-refractivity contribution in [3.8, 4) is 0 Å². The molecule has 9 atom stereocenters. The van der Waals surface area contributed by atoms with Crippen LogP contribution in [0.5, 0.6) is 0 Å². The van der Waals surface area contributed by atoms with Crippen molar-refractivity contribution < 1.29 is 42.8 Å². The lowest BCUT2D eigenvalue weighted by Gasteiger charge is -2.27. The number of aliphatic hydroxyl groups is 2. The van der Waals surface area contributed by atoms with Crippen molar-refractivity contribution in [2.75, 3.05) is 13.2 Å². The van der Waals surface area contributed by atoms with E-state index >= 15 is 0 Å². The van der Waals surface area contributed by atoms with Crippen LogP contribution in [0.15, 0.2) is 0 Å². The molecule has 0 aromatic heterocycles. The first-order valence-corrected chi connectivity index (χ1v) is 11.9. The van der Waals surface area contributed by atoms with Crippen LogP contribution in [-0.2, 0) is 32.6 Å². The second-order valence-corrected chi connectivity index (χ2v) is 9.94. The van der Waals surface area contributed by atoms with Gasteiger partial charge in [-0.25, -0.2) is 0 Å². The first-order valence-electron chi connectivity index (χ1n) is 10.1. The number of hydrogen-bond donors (Lipinski definition) is 2. The largest absolute Gasteiger partial charge is 0.388 e. The molecule has 2 saturated heterocycles. The topological polar surface area (TPSA) is 113 Å². The van der Waals surface area contributed by atoms with Gasteiger partial charge in [0.1, 0.15) is 36.6 Å². The Labute approximate surface area is 174 Å². The van der Waals surface area contributed by atoms with Crippen molar-refractivity contribution in [3.63, 3.8) is 0 Å². The number of hydrogen-bond acceptors (Lipinski definition) is 9. The van der Waals surface area contributed by atoms with Gasteiger partial charge in [0.25, 0.3) is 15.0 Å². The van der Waals surface area contributed by atoms with E-state index in [1.54, 1.807) is 13.8 Å². The smallest absolute Gasteiger partial charge is 0.268 e. The van der Waals surface area contributed by atoms with Crippen molar-refractivity contribution in [3.05, 3.63) is 0 Å². The lowest BCUT2D eigenvalue weighted by Crippen LogP contribution is -2.39. The summed E-state index contributed by atoms with van der Waals surface area (Å²) in [4.78, 5) is 0. The van der Waals surface area contributed by atoms with Gasteiger partial charge < -0.3 is 38.2 Å². The Balaban J connectivity index is 1.96. The summed E-state index contributed by atoms with van der Waals surface area (Å²) in [5.41, 5.74) is 0. The molecule has 2 heterocycles. The first kappa shape index (κ1) is 25.2. The van der Waals surface area contributed by atoms with Crippen LogP contribution in [0.25, 0.3) is 0 Å². The summed E-state index contributed by atoms with van der Waals surface area (Å²) in [6.07, 6.45) is -5.63. The Bertz CT molecular complexity index is 563. The summed E-state index contributed by atoms with van der Waals surface area (Å²) in [5.74, 6) is 0. The minimum absolute atomic E-state index is 0.0269. The molecular formula is C18H35BO9P. The summed E-state index contributed by atoms with van der Waals surface area (Å²) in [6, 6.07) is 0. The van der Waals surface area contributed by atoms with E-state index in [1.165, 1.54) is 0 Å². The molecule has 2 aliphatic heterocycles. The molecule has 169 valence electrons. The van der Waals surface area contributed by atoms with Crippen LogP contribution in [0.2, 0.25) is 0 Å². The Kier molecular flexibility index (Phi) is 9.16. The quantitative estimate of drug-likeness (QED) is 0.380. The molecular weight excluding hydrogens is 402 g/mol. The molecule has 2 N–H and O–H groups in total. The van der Waals surface area contributed by atoms with Gasteiger partial charge in [0.15, 0.2) is 0 Å². The van der Waals surface area contributed by atoms with Crippen molar-refractivity contribution in [2.45, 2.75) is 103 Å². The maximum absolute atomic E-state index is 12.8. The van der Waals surface area contributed by atoms with E-state index in [0.29, 0.717) is 0 Å². The Morgan fingerprint density at radius 3 is 1.97 bits per heavy atom. The van der Waals surface area contributed by atoms with E-state index in [0.717, 1.165) is 0 Å². The van der Waals surface area contributed by atoms with Gasteiger partial charge in [-0.3, -0.25) is 4.57 Å². The zero-order valence-corrected chi connectivity index (χ0v) is 19.0. The SMILES string of the molecule is [BH]P(=O)(OC[C@H]1O[C@@H](C)C(O)[C@H]1OC(C)C)O[C@@H]1C(O)[C@H](C)O[C@@H]1COC(C)C. The molecule has 29 heavy (non-hydrogen) atoms. The summed E-state index contributed by atoms with van der Waals surface area (Å²) in [5, 5.41) is 20.6. The number of ether oxygens (including phenoxy) is 4. The summed E-state index contributed by atoms with van der Waals surface area (Å²) < 4.78 is 46.5. The molecule has 0 saturated carbocycles. The van der Waals surface area contributed by atoms with E-state index in [4.69, 9.17) is 28.0 Å². The highest BCUT2D eigenvalue weighted by Gasteiger charge is 2.47. The fourth-order valence-electron chi connectivity index (χ4n) is 3.41. The second kappa shape index (κ2) is 10.5. The maximum Gasteiger partial charge on any atom is 0.268 e. The lowest BCUT2D eigenvalue weighted by molar-refractivity contribution is -0.0776. The molecule has 0 spiro atoms. The van der Waals surface area contributed by atoms with Crippen LogP contribution < -0.4 is 0 Å². The molecule has 0 aromatic rings. The molecule has 2 rings (SSSR count). The average molecular weight is 437 g/mol. The minimum atomic E-state index is -3.81. The Morgan fingerprint density at radius 1 is 0.931 bits per heavy atom. The van der Waals surface area contributed by atoms with Crippen LogP contribution in [0.3, 0.4) is 0 Å². The Morgan fingerprint density at radius 2 is 1.45 bits per heavy atom. The van der Waals surface area contributed by atoms with Gasteiger partial charge in [0.05, 0.1) is 37.6 Å². The fourth-order valence-corrected chi connectivity index (χ4v) is 4.48. The first-order chi connectivity index (χ1) is 13.4. The standard InChI is InChI=1S/C18H35BO9P/c1-9(2)23-7-13-18(16(21)12(6)26-13)28-29(19,22)24-8-14-17(25-10(3)4)15(20)11(5)27-14/h9-21H,7-8H2,1-6H3/t11-,12-,13+,14+,15?,16?,17-,18-,29?/m0/s1. The normalized spacial score (nSPS) is 40.1. The number of aliphatic hydroxyl groups excluding tert-OH is 2. The van der Waals surface area contributed by atoms with E-state index < -0.39 is 56.3 Å². The van der Waals surface area contributed by atoms with Crippen molar-refractivity contribution >= 4 is 15.0 Å². The van der Waals surface area contributed by atoms with E-state index in [9.17, 15) is 14.8 Å². The van der Waals surface area contributed by atoms with E-state index in [2.05, 4.69) is 7.57 Å². The molecule has 0 amide bonds. The molecule has 0 aromatic carbocycles. The van der Waals surface area contributed by atoms with Crippen LogP contribution in [0.4, 0.5) is 0 Å². The van der Waals surface area contributed by atoms with Gasteiger partial charge in [-0.1, -0.05) is 0 Å². The lowest BCUT2D eigenvalue weighted by atomic mass is 10.1. The fraction of sp³-hybridized carbons (Fsp3) is 1.00. The minimum Gasteiger partial charge on any atom is -0.388 e. The second-order valence-electron chi connectivity index (χ2n) is 8.25. The molecule has 11 heteroatoms. The van der Waals surface area contributed by atoms with Crippen LogP contribution in [0, 0.1) is 0 Å². The highest BCUT2D eigenvalue weighted by Crippen LogP contribution is 2.47. The summed E-state index contributed by atoms with van der Waals surface area (Å²) in [6.45, 7) is 11.0. The molecule has 2 aliphatic rings. The van der Waals surface area contributed by atoms with Crippen LogP contribution >= 0.6 is 7.47 Å². The van der Waals surface area contributed by atoms with Crippen LogP contribution in [0.1, 0.15) is 41.5 Å². The maximum atomic E-state index is 12.8. The summed E-state index contributed by atoms with van der Waals surface area (Å²) >= 11 is 0. The molecule has 0 bridgehead atoms. The Hall–Kier alpha value is -0.0251. The average Bonchev–Trinajstić information content (AvgIpc) is 3.02. The van der Waals surface area contributed by atoms with E-state index in [-0.39, 0.29) is 25.4 Å². The highest BCUT2D eigenvalue weighted by atomic mass is 31.2. The monoisotopic (exact) mass is 437 g/mol. The van der Waals surface area contributed by atoms with Gasteiger partial charge in [-0.2, -0.15) is 0 Å². The van der Waals surface area contributed by atoms with Crippen molar-refractivity contribution in [2.24, 2.45) is 0 Å². The third-order valence-corrected chi connectivity index (χ3v) is 5.99. The number of rotatable bonds is 10.